The minimum Gasteiger partial charge on any atom is -0.453 e. The summed E-state index contributed by atoms with van der Waals surface area (Å²) in [5.41, 5.74) is -0.620. The molecule has 0 rings (SSSR count). The number of hydrogen-bond donors (Lipinski definition) is 1. The van der Waals surface area contributed by atoms with Gasteiger partial charge in [-0.3, -0.25) is 4.79 Å². The van der Waals surface area contributed by atoms with E-state index in [9.17, 15) is 9.59 Å². The van der Waals surface area contributed by atoms with Crippen molar-refractivity contribution in [3.63, 3.8) is 0 Å². The number of carbonyl (C=O) groups excluding carboxylic acids is 2. The van der Waals surface area contributed by atoms with Crippen LogP contribution < -0.4 is 5.32 Å². The molecule has 13 heavy (non-hydrogen) atoms. The van der Waals surface area contributed by atoms with Crippen molar-refractivity contribution >= 4 is 11.9 Å². The fourth-order valence-electron chi connectivity index (χ4n) is 0.646. The fourth-order valence-corrected chi connectivity index (χ4v) is 0.646. The van der Waals surface area contributed by atoms with Gasteiger partial charge in [0, 0.05) is 6.04 Å². The summed E-state index contributed by atoms with van der Waals surface area (Å²) in [5, 5.41) is 2.45. The molecule has 1 N–H and O–H groups in total. The van der Waals surface area contributed by atoms with E-state index in [2.05, 4.69) is 5.32 Å². The Bertz CT molecular complexity index is 203. The Morgan fingerprint density at radius 2 is 1.69 bits per heavy atom. The first-order chi connectivity index (χ1) is 5.72. The van der Waals surface area contributed by atoms with Crippen LogP contribution in [0.3, 0.4) is 0 Å². The first-order valence-electron chi connectivity index (χ1n) is 4.26. The molecule has 0 atom stereocenters. The normalized spacial score (nSPS) is 11.2. The van der Waals surface area contributed by atoms with Gasteiger partial charge in [0.15, 0.2) is 0 Å². The lowest BCUT2D eigenvalue weighted by atomic mass is 10.2. The molecule has 4 heteroatoms. The molecular weight excluding hydrogens is 170 g/mol. The maximum Gasteiger partial charge on any atom is 0.397 e. The molecule has 0 unspecified atom stereocenters. The summed E-state index contributed by atoms with van der Waals surface area (Å²) >= 11 is 0. The summed E-state index contributed by atoms with van der Waals surface area (Å²) in [7, 11) is 0. The Labute approximate surface area is 78.6 Å². The molecule has 0 aliphatic rings. The summed E-state index contributed by atoms with van der Waals surface area (Å²) in [4.78, 5) is 22.1. The highest BCUT2D eigenvalue weighted by Crippen LogP contribution is 2.06. The number of ether oxygens (including phenoxy) is 1. The van der Waals surface area contributed by atoms with Crippen LogP contribution in [0, 0.1) is 0 Å². The van der Waals surface area contributed by atoms with Crippen LogP contribution in [-0.2, 0) is 14.3 Å². The standard InChI is InChI=1S/C9H17NO3/c1-6(2)10-7(11)8(12)13-9(3,4)5/h6H,1-5H3,(H,10,11). The predicted molar refractivity (Wildman–Crippen MR) is 49.1 cm³/mol. The number of nitrogens with one attached hydrogen (secondary N) is 1. The van der Waals surface area contributed by atoms with E-state index in [1.807, 2.05) is 0 Å². The Kier molecular flexibility index (Phi) is 3.91. The van der Waals surface area contributed by atoms with Crippen molar-refractivity contribution < 1.29 is 14.3 Å². The van der Waals surface area contributed by atoms with Crippen molar-refractivity contribution in [3.8, 4) is 0 Å². The lowest BCUT2D eigenvalue weighted by molar-refractivity contribution is -0.163. The zero-order valence-electron chi connectivity index (χ0n) is 8.80. The van der Waals surface area contributed by atoms with Gasteiger partial charge in [-0.2, -0.15) is 0 Å². The molecule has 0 spiro atoms. The molecule has 1 amide bonds. The molecule has 0 aromatic rings. The zero-order chi connectivity index (χ0) is 10.6. The predicted octanol–water partition coefficient (Wildman–Crippen LogP) is 0.853. The number of hydrogen-bond acceptors (Lipinski definition) is 3. The van der Waals surface area contributed by atoms with Crippen molar-refractivity contribution in [3.05, 3.63) is 0 Å². The Balaban J connectivity index is 4.06. The van der Waals surface area contributed by atoms with E-state index in [1.165, 1.54) is 0 Å². The highest BCUT2D eigenvalue weighted by molar-refractivity contribution is 6.32. The monoisotopic (exact) mass is 187 g/mol. The lowest BCUT2D eigenvalue weighted by Gasteiger charge is -2.19. The molecule has 76 valence electrons. The van der Waals surface area contributed by atoms with E-state index in [0.29, 0.717) is 0 Å². The average Bonchev–Trinajstić information content (AvgIpc) is 1.81. The van der Waals surface area contributed by atoms with Gasteiger partial charge in [-0.15, -0.1) is 0 Å². The minimum absolute atomic E-state index is 0.0555. The summed E-state index contributed by atoms with van der Waals surface area (Å²) in [6, 6.07) is -0.0555. The second-order valence-corrected chi connectivity index (χ2v) is 4.13. The van der Waals surface area contributed by atoms with Crippen LogP contribution in [-0.4, -0.2) is 23.5 Å². The maximum absolute atomic E-state index is 11.1. The molecule has 0 saturated heterocycles. The highest BCUT2D eigenvalue weighted by atomic mass is 16.6. The van der Waals surface area contributed by atoms with E-state index < -0.39 is 17.5 Å². The fraction of sp³-hybridized carbons (Fsp3) is 0.778. The third-order valence-corrected chi connectivity index (χ3v) is 1.00. The zero-order valence-corrected chi connectivity index (χ0v) is 8.80. The molecule has 0 fully saturated rings. The van der Waals surface area contributed by atoms with Crippen LogP contribution in [0.5, 0.6) is 0 Å². The summed E-state index contributed by atoms with van der Waals surface area (Å²) < 4.78 is 4.85. The van der Waals surface area contributed by atoms with Gasteiger partial charge in [-0.05, 0) is 34.6 Å². The van der Waals surface area contributed by atoms with Gasteiger partial charge < -0.3 is 10.1 Å². The van der Waals surface area contributed by atoms with Gasteiger partial charge in [0.1, 0.15) is 5.60 Å². The summed E-state index contributed by atoms with van der Waals surface area (Å²) in [5.74, 6) is -1.52. The van der Waals surface area contributed by atoms with Gasteiger partial charge in [0.2, 0.25) is 0 Å². The van der Waals surface area contributed by atoms with Crippen LogP contribution in [0.2, 0.25) is 0 Å². The van der Waals surface area contributed by atoms with Gasteiger partial charge >= 0.3 is 11.9 Å². The smallest absolute Gasteiger partial charge is 0.397 e. The molecule has 0 aliphatic carbocycles. The number of esters is 1. The second kappa shape index (κ2) is 4.25. The van der Waals surface area contributed by atoms with Crippen LogP contribution in [0.15, 0.2) is 0 Å². The molecule has 0 aliphatic heterocycles. The number of carbonyl (C=O) groups is 2. The third-order valence-electron chi connectivity index (χ3n) is 1.00. The Morgan fingerprint density at radius 1 is 1.23 bits per heavy atom. The highest BCUT2D eigenvalue weighted by Gasteiger charge is 2.22. The molecule has 0 bridgehead atoms. The molecule has 4 nitrogen and oxygen atoms in total. The molecular formula is C9H17NO3. The van der Waals surface area contributed by atoms with Crippen molar-refractivity contribution in [2.75, 3.05) is 0 Å². The molecule has 0 aromatic carbocycles. The Morgan fingerprint density at radius 3 is 2.00 bits per heavy atom. The summed E-state index contributed by atoms with van der Waals surface area (Å²) in [6.45, 7) is 8.71. The van der Waals surface area contributed by atoms with Gasteiger partial charge in [0.05, 0.1) is 0 Å². The average molecular weight is 187 g/mol. The van der Waals surface area contributed by atoms with E-state index >= 15 is 0 Å². The first kappa shape index (κ1) is 11.9. The van der Waals surface area contributed by atoms with Crippen molar-refractivity contribution in [1.82, 2.24) is 5.32 Å². The van der Waals surface area contributed by atoms with Gasteiger partial charge in [-0.1, -0.05) is 0 Å². The molecule has 0 aromatic heterocycles. The van der Waals surface area contributed by atoms with Crippen LogP contribution in [0.4, 0.5) is 0 Å². The quantitative estimate of drug-likeness (QED) is 0.489. The lowest BCUT2D eigenvalue weighted by Crippen LogP contribution is -2.40. The molecule has 0 radical (unpaired) electrons. The molecule has 0 saturated carbocycles. The van der Waals surface area contributed by atoms with Crippen LogP contribution in [0.1, 0.15) is 34.6 Å². The van der Waals surface area contributed by atoms with Crippen molar-refractivity contribution in [1.29, 1.82) is 0 Å². The van der Waals surface area contributed by atoms with Gasteiger partial charge in [0.25, 0.3) is 0 Å². The largest absolute Gasteiger partial charge is 0.453 e. The van der Waals surface area contributed by atoms with E-state index in [1.54, 1.807) is 34.6 Å². The van der Waals surface area contributed by atoms with Crippen molar-refractivity contribution in [2.24, 2.45) is 0 Å². The van der Waals surface area contributed by atoms with E-state index in [4.69, 9.17) is 4.74 Å². The van der Waals surface area contributed by atoms with Gasteiger partial charge in [-0.25, -0.2) is 4.79 Å². The van der Waals surface area contributed by atoms with E-state index in [-0.39, 0.29) is 6.04 Å². The van der Waals surface area contributed by atoms with Crippen molar-refractivity contribution in [2.45, 2.75) is 46.3 Å². The van der Waals surface area contributed by atoms with Crippen LogP contribution >= 0.6 is 0 Å². The summed E-state index contributed by atoms with van der Waals surface area (Å²) in [6.07, 6.45) is 0. The van der Waals surface area contributed by atoms with E-state index in [0.717, 1.165) is 0 Å². The first-order valence-corrected chi connectivity index (χ1v) is 4.26. The minimum atomic E-state index is -0.832. The topological polar surface area (TPSA) is 55.4 Å². The molecule has 0 heterocycles. The van der Waals surface area contributed by atoms with Crippen LogP contribution in [0.25, 0.3) is 0 Å². The number of amides is 1. The third kappa shape index (κ3) is 6.13. The second-order valence-electron chi connectivity index (χ2n) is 4.13. The Hall–Kier alpha value is -1.06. The SMILES string of the molecule is CC(C)NC(=O)C(=O)OC(C)(C)C. The maximum atomic E-state index is 11.1. The number of rotatable bonds is 1.